The van der Waals surface area contributed by atoms with Gasteiger partial charge in [-0.05, 0) is 34.7 Å². The SMILES string of the molecule is COC1=CC=CC(I)(OC)N1. The third kappa shape index (κ3) is 2.10. The number of nitrogens with one attached hydrogen (secondary N) is 1. The van der Waals surface area contributed by atoms with Gasteiger partial charge < -0.3 is 14.8 Å². The number of methoxy groups -OCH3 is 2. The Hall–Kier alpha value is -0.230. The van der Waals surface area contributed by atoms with E-state index < -0.39 is 3.73 Å². The Morgan fingerprint density at radius 2 is 2.27 bits per heavy atom. The molecular weight excluding hydrogens is 257 g/mol. The lowest BCUT2D eigenvalue weighted by Crippen LogP contribution is -2.40. The van der Waals surface area contributed by atoms with Crippen molar-refractivity contribution in [1.82, 2.24) is 5.32 Å². The molecule has 0 amide bonds. The molecule has 1 N–H and O–H groups in total. The molecule has 1 unspecified atom stereocenters. The summed E-state index contributed by atoms with van der Waals surface area (Å²) in [5.41, 5.74) is 0. The predicted octanol–water partition coefficient (Wildman–Crippen LogP) is 1.37. The molecule has 0 bridgehead atoms. The van der Waals surface area contributed by atoms with Crippen molar-refractivity contribution in [3.63, 3.8) is 0 Å². The van der Waals surface area contributed by atoms with E-state index in [-0.39, 0.29) is 0 Å². The summed E-state index contributed by atoms with van der Waals surface area (Å²) < 4.78 is 9.72. The molecule has 0 fully saturated rings. The number of ether oxygens (including phenoxy) is 2. The summed E-state index contributed by atoms with van der Waals surface area (Å²) in [6, 6.07) is 0. The van der Waals surface area contributed by atoms with Crippen LogP contribution in [0.3, 0.4) is 0 Å². The smallest absolute Gasteiger partial charge is 0.213 e. The van der Waals surface area contributed by atoms with Crippen LogP contribution in [0, 0.1) is 0 Å². The van der Waals surface area contributed by atoms with Crippen LogP contribution in [0.15, 0.2) is 24.1 Å². The standard InChI is InChI=1S/C7H10INO2/c1-10-6-4-3-5-7(8,9-6)11-2/h3-5,9H,1-2H3. The normalized spacial score (nSPS) is 29.2. The molecule has 0 aliphatic carbocycles. The van der Waals surface area contributed by atoms with Gasteiger partial charge in [-0.15, -0.1) is 0 Å². The van der Waals surface area contributed by atoms with Gasteiger partial charge in [0.15, 0.2) is 5.88 Å². The zero-order chi connectivity index (χ0) is 8.32. The van der Waals surface area contributed by atoms with Crippen LogP contribution in [0.4, 0.5) is 0 Å². The molecule has 0 spiro atoms. The van der Waals surface area contributed by atoms with Gasteiger partial charge >= 0.3 is 0 Å². The molecule has 0 aromatic rings. The van der Waals surface area contributed by atoms with Crippen LogP contribution in [0.2, 0.25) is 0 Å². The second kappa shape index (κ2) is 3.44. The molecule has 1 aliphatic heterocycles. The molecule has 11 heavy (non-hydrogen) atoms. The molecule has 62 valence electrons. The van der Waals surface area contributed by atoms with Gasteiger partial charge in [-0.1, -0.05) is 6.08 Å². The molecule has 0 aromatic heterocycles. The fourth-order valence-corrected chi connectivity index (χ4v) is 1.22. The van der Waals surface area contributed by atoms with Gasteiger partial charge in [-0.2, -0.15) is 0 Å². The Morgan fingerprint density at radius 1 is 1.55 bits per heavy atom. The number of alkyl halides is 1. The number of hydrogen-bond donors (Lipinski definition) is 1. The van der Waals surface area contributed by atoms with Crippen molar-refractivity contribution >= 4 is 22.6 Å². The van der Waals surface area contributed by atoms with E-state index in [0.717, 1.165) is 0 Å². The highest BCUT2D eigenvalue weighted by Gasteiger charge is 2.24. The quantitative estimate of drug-likeness (QED) is 0.465. The number of hydrogen-bond acceptors (Lipinski definition) is 3. The van der Waals surface area contributed by atoms with E-state index in [1.807, 2.05) is 18.2 Å². The zero-order valence-electron chi connectivity index (χ0n) is 6.43. The first kappa shape index (κ1) is 8.86. The summed E-state index contributed by atoms with van der Waals surface area (Å²) in [6.45, 7) is 0. The minimum Gasteiger partial charge on any atom is -0.482 e. The molecule has 0 saturated carbocycles. The van der Waals surface area contributed by atoms with Crippen LogP contribution < -0.4 is 5.32 Å². The first-order valence-electron chi connectivity index (χ1n) is 3.16. The van der Waals surface area contributed by atoms with E-state index in [0.29, 0.717) is 5.88 Å². The minimum atomic E-state index is -0.460. The summed E-state index contributed by atoms with van der Waals surface area (Å²) in [5.74, 6) is 0.712. The van der Waals surface area contributed by atoms with Crippen LogP contribution in [-0.4, -0.2) is 18.0 Å². The first-order valence-corrected chi connectivity index (χ1v) is 4.24. The van der Waals surface area contributed by atoms with E-state index >= 15 is 0 Å². The van der Waals surface area contributed by atoms with Crippen LogP contribution in [-0.2, 0) is 9.47 Å². The van der Waals surface area contributed by atoms with E-state index in [1.54, 1.807) is 14.2 Å². The van der Waals surface area contributed by atoms with Gasteiger partial charge in [0.25, 0.3) is 0 Å². The number of allylic oxidation sites excluding steroid dienone is 2. The monoisotopic (exact) mass is 267 g/mol. The Balaban J connectivity index is 2.68. The molecule has 1 atom stereocenters. The highest BCUT2D eigenvalue weighted by atomic mass is 127. The van der Waals surface area contributed by atoms with Crippen molar-refractivity contribution in [2.45, 2.75) is 3.73 Å². The van der Waals surface area contributed by atoms with E-state index in [2.05, 4.69) is 27.9 Å². The molecule has 3 nitrogen and oxygen atoms in total. The van der Waals surface area contributed by atoms with Crippen molar-refractivity contribution < 1.29 is 9.47 Å². The molecule has 1 rings (SSSR count). The summed E-state index contributed by atoms with van der Waals surface area (Å²) in [7, 11) is 3.26. The van der Waals surface area contributed by atoms with Gasteiger partial charge in [-0.3, -0.25) is 0 Å². The van der Waals surface area contributed by atoms with Gasteiger partial charge in [0, 0.05) is 7.11 Å². The minimum absolute atomic E-state index is 0.460. The van der Waals surface area contributed by atoms with E-state index in [9.17, 15) is 0 Å². The number of dihydropyridines is 1. The molecule has 1 heterocycles. The van der Waals surface area contributed by atoms with Crippen LogP contribution in [0.5, 0.6) is 0 Å². The molecule has 0 saturated heterocycles. The fourth-order valence-electron chi connectivity index (χ4n) is 0.749. The molecule has 0 radical (unpaired) electrons. The topological polar surface area (TPSA) is 30.5 Å². The maximum atomic E-state index is 5.18. The average molecular weight is 267 g/mol. The summed E-state index contributed by atoms with van der Waals surface area (Å²) in [4.78, 5) is 0. The van der Waals surface area contributed by atoms with Gasteiger partial charge in [0.05, 0.1) is 7.11 Å². The Labute approximate surface area is 79.6 Å². The first-order chi connectivity index (χ1) is 5.20. The second-order valence-electron chi connectivity index (χ2n) is 2.07. The number of rotatable bonds is 2. The van der Waals surface area contributed by atoms with Crippen LogP contribution >= 0.6 is 22.6 Å². The lowest BCUT2D eigenvalue weighted by Gasteiger charge is -2.27. The zero-order valence-corrected chi connectivity index (χ0v) is 8.58. The second-order valence-corrected chi connectivity index (χ2v) is 3.67. The highest BCUT2D eigenvalue weighted by Crippen LogP contribution is 2.22. The molecule has 4 heteroatoms. The fraction of sp³-hybridized carbons (Fsp3) is 0.429. The van der Waals surface area contributed by atoms with Gasteiger partial charge in [0.2, 0.25) is 3.73 Å². The van der Waals surface area contributed by atoms with Gasteiger partial charge in [-0.25, -0.2) is 0 Å². The summed E-state index contributed by atoms with van der Waals surface area (Å²) in [5, 5.41) is 3.05. The Kier molecular flexibility index (Phi) is 2.78. The molecular formula is C7H10INO2. The number of halogens is 1. The largest absolute Gasteiger partial charge is 0.482 e. The van der Waals surface area contributed by atoms with E-state index in [1.165, 1.54) is 0 Å². The Bertz CT molecular complexity index is 203. The van der Waals surface area contributed by atoms with Crippen LogP contribution in [0.1, 0.15) is 0 Å². The van der Waals surface area contributed by atoms with Crippen LogP contribution in [0.25, 0.3) is 0 Å². The maximum Gasteiger partial charge on any atom is 0.213 e. The lowest BCUT2D eigenvalue weighted by atomic mass is 10.3. The van der Waals surface area contributed by atoms with Crippen molar-refractivity contribution in [2.24, 2.45) is 0 Å². The molecule has 1 aliphatic rings. The maximum absolute atomic E-state index is 5.18. The van der Waals surface area contributed by atoms with Crippen molar-refractivity contribution in [3.8, 4) is 0 Å². The van der Waals surface area contributed by atoms with Crippen molar-refractivity contribution in [2.75, 3.05) is 14.2 Å². The average Bonchev–Trinajstić information content (AvgIpc) is 2.05. The summed E-state index contributed by atoms with van der Waals surface area (Å²) in [6.07, 6.45) is 5.65. The predicted molar refractivity (Wildman–Crippen MR) is 51.1 cm³/mol. The summed E-state index contributed by atoms with van der Waals surface area (Å²) >= 11 is 2.15. The third-order valence-electron chi connectivity index (χ3n) is 1.37. The Morgan fingerprint density at radius 3 is 2.82 bits per heavy atom. The lowest BCUT2D eigenvalue weighted by molar-refractivity contribution is 0.0831. The third-order valence-corrected chi connectivity index (χ3v) is 2.44. The highest BCUT2D eigenvalue weighted by molar-refractivity contribution is 14.1. The van der Waals surface area contributed by atoms with Crippen molar-refractivity contribution in [1.29, 1.82) is 0 Å². The molecule has 0 aromatic carbocycles. The van der Waals surface area contributed by atoms with E-state index in [4.69, 9.17) is 9.47 Å². The van der Waals surface area contributed by atoms with Gasteiger partial charge in [0.1, 0.15) is 0 Å². The van der Waals surface area contributed by atoms with Crippen molar-refractivity contribution in [3.05, 3.63) is 24.1 Å².